The molecule has 0 aliphatic heterocycles. The Morgan fingerprint density at radius 2 is 0.696 bits per heavy atom. The van der Waals surface area contributed by atoms with Gasteiger partial charge in [-0.25, -0.2) is 0 Å². The molecule has 0 aliphatic rings. The van der Waals surface area contributed by atoms with Crippen LogP contribution in [0.2, 0.25) is 0 Å². The van der Waals surface area contributed by atoms with Crippen molar-refractivity contribution < 1.29 is 19.4 Å². The van der Waals surface area contributed by atoms with Crippen molar-refractivity contribution in [2.45, 2.75) is 0 Å². The van der Waals surface area contributed by atoms with Crippen molar-refractivity contribution >= 4 is 7.32 Å². The van der Waals surface area contributed by atoms with Gasteiger partial charge in [0.2, 0.25) is 0 Å². The van der Waals surface area contributed by atoms with E-state index in [1.807, 2.05) is 91.0 Å². The Bertz CT molecular complexity index is 578. The van der Waals surface area contributed by atoms with Gasteiger partial charge in [-0.3, -0.25) is 0 Å². The van der Waals surface area contributed by atoms with Crippen molar-refractivity contribution in [3.05, 3.63) is 91.0 Å². The Morgan fingerprint density at radius 1 is 0.435 bits per heavy atom. The lowest BCUT2D eigenvalue weighted by atomic mass is 10.2. The van der Waals surface area contributed by atoms with Crippen LogP contribution in [0.3, 0.4) is 0 Å². The highest BCUT2D eigenvalue weighted by molar-refractivity contribution is 6.39. The maximum Gasteiger partial charge on any atom is 0.864 e. The van der Waals surface area contributed by atoms with E-state index in [2.05, 4.69) is 0 Å². The Morgan fingerprint density at radius 3 is 0.957 bits per heavy atom. The van der Waals surface area contributed by atoms with Crippen LogP contribution in [0.4, 0.5) is 0 Å². The van der Waals surface area contributed by atoms with E-state index in [4.69, 9.17) is 14.0 Å². The van der Waals surface area contributed by atoms with Gasteiger partial charge in [0, 0.05) is 0 Å². The van der Waals surface area contributed by atoms with E-state index in [1.165, 1.54) is 0 Å². The summed E-state index contributed by atoms with van der Waals surface area (Å²) in [4.78, 5) is 0. The van der Waals surface area contributed by atoms with Gasteiger partial charge in [-0.2, -0.15) is 0 Å². The summed E-state index contributed by atoms with van der Waals surface area (Å²) < 4.78 is 17.3. The summed E-state index contributed by atoms with van der Waals surface area (Å²) in [6, 6.07) is 28.3. The lowest BCUT2D eigenvalue weighted by Crippen LogP contribution is -2.36. The van der Waals surface area contributed by atoms with Crippen LogP contribution in [-0.2, 0) is 0 Å². The summed E-state index contributed by atoms with van der Waals surface area (Å²) in [6.45, 7) is 0. The number of hydrogen-bond donors (Lipinski definition) is 0. The van der Waals surface area contributed by atoms with Crippen molar-refractivity contribution in [2.75, 3.05) is 0 Å². The molecule has 0 aliphatic carbocycles. The molecule has 3 rings (SSSR count). The fourth-order valence-corrected chi connectivity index (χ4v) is 1.90. The van der Waals surface area contributed by atoms with Crippen LogP contribution in [0.1, 0.15) is 0 Å². The third-order valence-corrected chi connectivity index (χ3v) is 2.93. The molecule has 23 heavy (non-hydrogen) atoms. The summed E-state index contributed by atoms with van der Waals surface area (Å²) in [7, 11) is -0.868. The van der Waals surface area contributed by atoms with Gasteiger partial charge in [-0.15, -0.1) is 0 Å². The predicted octanol–water partition coefficient (Wildman–Crippen LogP) is 3.38. The van der Waals surface area contributed by atoms with E-state index in [0.717, 1.165) is 0 Å². The van der Waals surface area contributed by atoms with Gasteiger partial charge >= 0.3 is 7.32 Å². The van der Waals surface area contributed by atoms with Crippen LogP contribution >= 0.6 is 0 Å². The van der Waals surface area contributed by atoms with Gasteiger partial charge in [-0.05, 0) is 36.4 Å². The summed E-state index contributed by atoms with van der Waals surface area (Å²) in [5.41, 5.74) is 0. The van der Waals surface area contributed by atoms with Crippen molar-refractivity contribution in [3.63, 3.8) is 0 Å². The minimum atomic E-state index is -0.868. The largest absolute Gasteiger partial charge is 0.864 e. The predicted molar refractivity (Wildman–Crippen MR) is 90.6 cm³/mol. The Labute approximate surface area is 135 Å². The highest BCUT2D eigenvalue weighted by atomic mass is 16.7. The average Bonchev–Trinajstić information content (AvgIpc) is 2.57. The summed E-state index contributed by atoms with van der Waals surface area (Å²) in [5.74, 6) is 2.04. The van der Waals surface area contributed by atoms with Crippen molar-refractivity contribution in [3.8, 4) is 17.2 Å². The fourth-order valence-electron chi connectivity index (χ4n) is 1.90. The highest BCUT2D eigenvalue weighted by Crippen LogP contribution is 2.17. The second kappa shape index (κ2) is 8.51. The quantitative estimate of drug-likeness (QED) is 0.656. The average molecular weight is 308 g/mol. The first-order valence-corrected chi connectivity index (χ1v) is 7.05. The third kappa shape index (κ3) is 5.09. The lowest BCUT2D eigenvalue weighted by Gasteiger charge is -2.16. The molecule has 0 amide bonds. The zero-order valence-electron chi connectivity index (χ0n) is 12.5. The zero-order chi connectivity index (χ0) is 15.0. The van der Waals surface area contributed by atoms with E-state index in [1.54, 1.807) is 0 Å². The van der Waals surface area contributed by atoms with Crippen LogP contribution in [0, 0.1) is 0 Å². The third-order valence-electron chi connectivity index (χ3n) is 2.93. The molecule has 0 fully saturated rings. The second-order valence-electron chi connectivity index (χ2n) is 4.58. The molecule has 116 valence electrons. The van der Waals surface area contributed by atoms with Crippen molar-refractivity contribution in [2.24, 2.45) is 0 Å². The molecule has 0 atom stereocenters. The van der Waals surface area contributed by atoms with E-state index >= 15 is 0 Å². The minimum absolute atomic E-state index is 0. The topological polar surface area (TPSA) is 59.2 Å². The molecule has 4 nitrogen and oxygen atoms in total. The van der Waals surface area contributed by atoms with Gasteiger partial charge < -0.3 is 19.4 Å². The first-order chi connectivity index (χ1) is 10.9. The first-order valence-electron chi connectivity index (χ1n) is 7.05. The van der Waals surface area contributed by atoms with Crippen LogP contribution in [-0.4, -0.2) is 12.8 Å². The molecule has 0 bridgehead atoms. The number of hydrogen-bond acceptors (Lipinski definition) is 3. The standard InChI is InChI=1S/C18H15BO3.H2O/c1-4-10-16(11-5-1)20-19(21-17-12-6-2-7-13-17)22-18-14-8-3-9-15-18;/h1-15H;1H2. The monoisotopic (exact) mass is 308 g/mol. The molecule has 0 unspecified atom stereocenters. The molecule has 0 saturated heterocycles. The maximum absolute atomic E-state index is 5.78. The number of para-hydroxylation sites is 3. The molecule has 5 heteroatoms. The zero-order valence-corrected chi connectivity index (χ0v) is 12.5. The first kappa shape index (κ1) is 16.5. The molecule has 0 radical (unpaired) electrons. The van der Waals surface area contributed by atoms with Crippen LogP contribution in [0.15, 0.2) is 91.0 Å². The van der Waals surface area contributed by atoms with Crippen molar-refractivity contribution in [1.82, 2.24) is 0 Å². The van der Waals surface area contributed by atoms with Gasteiger partial charge in [-0.1, -0.05) is 54.6 Å². The molecular weight excluding hydrogens is 291 g/mol. The van der Waals surface area contributed by atoms with Crippen LogP contribution < -0.4 is 14.0 Å². The molecule has 2 N–H and O–H groups in total. The van der Waals surface area contributed by atoms with Gasteiger partial charge in [0.1, 0.15) is 17.2 Å². The van der Waals surface area contributed by atoms with Crippen LogP contribution in [0.5, 0.6) is 17.2 Å². The second-order valence-corrected chi connectivity index (χ2v) is 4.58. The smallest absolute Gasteiger partial charge is 0.490 e. The summed E-state index contributed by atoms with van der Waals surface area (Å²) >= 11 is 0. The van der Waals surface area contributed by atoms with E-state index in [9.17, 15) is 0 Å². The highest BCUT2D eigenvalue weighted by Gasteiger charge is 2.29. The Kier molecular flexibility index (Phi) is 6.09. The number of rotatable bonds is 6. The minimum Gasteiger partial charge on any atom is -0.490 e. The lowest BCUT2D eigenvalue weighted by molar-refractivity contribution is 0.307. The Hall–Kier alpha value is -2.92. The summed E-state index contributed by atoms with van der Waals surface area (Å²) in [5, 5.41) is 0. The Balaban J connectivity index is 0.00000192. The van der Waals surface area contributed by atoms with E-state index < -0.39 is 7.32 Å². The van der Waals surface area contributed by atoms with Gasteiger partial charge in [0.05, 0.1) is 0 Å². The van der Waals surface area contributed by atoms with Gasteiger partial charge in [0.25, 0.3) is 0 Å². The maximum atomic E-state index is 5.78. The molecule has 3 aromatic rings. The molecule has 0 spiro atoms. The summed E-state index contributed by atoms with van der Waals surface area (Å²) in [6.07, 6.45) is 0. The van der Waals surface area contributed by atoms with E-state index in [0.29, 0.717) is 17.2 Å². The number of benzene rings is 3. The molecule has 0 heterocycles. The molecule has 0 aromatic heterocycles. The van der Waals surface area contributed by atoms with Gasteiger partial charge in [0.15, 0.2) is 0 Å². The SMILES string of the molecule is O.c1ccc(OB(Oc2ccccc2)Oc2ccccc2)cc1. The van der Waals surface area contributed by atoms with Crippen molar-refractivity contribution in [1.29, 1.82) is 0 Å². The normalized spacial score (nSPS) is 9.39. The fraction of sp³-hybridized carbons (Fsp3) is 0. The molecule has 0 saturated carbocycles. The van der Waals surface area contributed by atoms with E-state index in [-0.39, 0.29) is 5.48 Å². The molecular formula is C18H17BO4. The molecule has 3 aromatic carbocycles. The van der Waals surface area contributed by atoms with Crippen LogP contribution in [0.25, 0.3) is 0 Å².